The lowest BCUT2D eigenvalue weighted by atomic mass is 10.2. The van der Waals surface area contributed by atoms with Gasteiger partial charge in [0.15, 0.2) is 0 Å². The summed E-state index contributed by atoms with van der Waals surface area (Å²) in [4.78, 5) is 22.9. The highest BCUT2D eigenvalue weighted by atomic mass is 16.5. The van der Waals surface area contributed by atoms with Crippen LogP contribution in [-0.4, -0.2) is 30.7 Å². The zero-order valence-electron chi connectivity index (χ0n) is 12.6. The Labute approximate surface area is 124 Å². The molecule has 0 spiro atoms. The first-order valence-corrected chi connectivity index (χ1v) is 6.80. The Morgan fingerprint density at radius 3 is 2.67 bits per heavy atom. The van der Waals surface area contributed by atoms with Gasteiger partial charge in [-0.1, -0.05) is 18.2 Å². The summed E-state index contributed by atoms with van der Waals surface area (Å²) < 4.78 is 4.79. The van der Waals surface area contributed by atoms with E-state index >= 15 is 0 Å². The smallest absolute Gasteiger partial charge is 0.311 e. The first-order valence-electron chi connectivity index (χ1n) is 6.80. The maximum atomic E-state index is 11.6. The van der Waals surface area contributed by atoms with Gasteiger partial charge in [-0.3, -0.25) is 9.59 Å². The zero-order chi connectivity index (χ0) is 15.7. The highest BCUT2D eigenvalue weighted by molar-refractivity contribution is 5.98. The van der Waals surface area contributed by atoms with Crippen molar-refractivity contribution in [1.29, 1.82) is 0 Å². The van der Waals surface area contributed by atoms with Crippen LogP contribution in [0.5, 0.6) is 0 Å². The molecule has 0 aliphatic heterocycles. The molecule has 0 saturated carbocycles. The molecule has 0 aliphatic rings. The van der Waals surface area contributed by atoms with Gasteiger partial charge in [0.2, 0.25) is 0 Å². The number of aryl methyl sites for hydroxylation is 1. The molecule has 1 aromatic carbocycles. The van der Waals surface area contributed by atoms with Gasteiger partial charge in [-0.25, -0.2) is 5.43 Å². The number of rotatable bonds is 7. The minimum absolute atomic E-state index is 0.0688. The third-order valence-corrected chi connectivity index (χ3v) is 2.66. The Morgan fingerprint density at radius 1 is 1.29 bits per heavy atom. The number of anilines is 1. The Hall–Kier alpha value is -2.37. The Balaban J connectivity index is 2.37. The van der Waals surface area contributed by atoms with E-state index in [0.29, 0.717) is 12.3 Å². The minimum Gasteiger partial charge on any atom is -0.466 e. The number of hydrogen-bond donors (Lipinski definition) is 2. The van der Waals surface area contributed by atoms with Gasteiger partial charge >= 0.3 is 5.97 Å². The summed E-state index contributed by atoms with van der Waals surface area (Å²) in [7, 11) is 0. The van der Waals surface area contributed by atoms with Crippen molar-refractivity contribution in [2.75, 3.05) is 18.5 Å². The number of esters is 1. The molecule has 0 aromatic heterocycles. The van der Waals surface area contributed by atoms with Crippen molar-refractivity contribution in [2.24, 2.45) is 5.10 Å². The monoisotopic (exact) mass is 291 g/mol. The predicted octanol–water partition coefficient (Wildman–Crippen LogP) is 1.85. The second-order valence-electron chi connectivity index (χ2n) is 4.53. The number of para-hydroxylation sites is 1. The van der Waals surface area contributed by atoms with Crippen molar-refractivity contribution in [3.8, 4) is 0 Å². The summed E-state index contributed by atoms with van der Waals surface area (Å²) in [5.74, 6) is -0.632. The van der Waals surface area contributed by atoms with Crippen molar-refractivity contribution in [1.82, 2.24) is 5.43 Å². The predicted molar refractivity (Wildman–Crippen MR) is 82.2 cm³/mol. The molecule has 0 atom stereocenters. The molecule has 6 heteroatoms. The normalized spacial score (nSPS) is 10.9. The van der Waals surface area contributed by atoms with Crippen LogP contribution in [0, 0.1) is 6.92 Å². The first kappa shape index (κ1) is 16.7. The molecular formula is C15H21N3O3. The van der Waals surface area contributed by atoms with Crippen LogP contribution in [-0.2, 0) is 14.3 Å². The molecule has 6 nitrogen and oxygen atoms in total. The van der Waals surface area contributed by atoms with Crippen molar-refractivity contribution >= 4 is 23.3 Å². The van der Waals surface area contributed by atoms with Crippen molar-refractivity contribution in [3.05, 3.63) is 29.8 Å². The van der Waals surface area contributed by atoms with Crippen LogP contribution in [0.2, 0.25) is 0 Å². The molecule has 1 rings (SSSR count). The zero-order valence-corrected chi connectivity index (χ0v) is 12.6. The van der Waals surface area contributed by atoms with Crippen LogP contribution in [0.3, 0.4) is 0 Å². The lowest BCUT2D eigenvalue weighted by Gasteiger charge is -2.08. The Kier molecular flexibility index (Phi) is 6.94. The van der Waals surface area contributed by atoms with E-state index in [2.05, 4.69) is 15.8 Å². The van der Waals surface area contributed by atoms with E-state index in [-0.39, 0.29) is 24.8 Å². The summed E-state index contributed by atoms with van der Waals surface area (Å²) in [6, 6.07) is 7.69. The van der Waals surface area contributed by atoms with Gasteiger partial charge in [-0.05, 0) is 32.4 Å². The molecule has 1 amide bonds. The van der Waals surface area contributed by atoms with E-state index in [4.69, 9.17) is 4.74 Å². The quantitative estimate of drug-likeness (QED) is 0.456. The van der Waals surface area contributed by atoms with Gasteiger partial charge < -0.3 is 10.1 Å². The Bertz CT molecular complexity index is 527. The minimum atomic E-state index is -0.356. The van der Waals surface area contributed by atoms with E-state index in [9.17, 15) is 9.59 Å². The molecule has 0 heterocycles. The van der Waals surface area contributed by atoms with Gasteiger partial charge in [0.25, 0.3) is 5.91 Å². The van der Waals surface area contributed by atoms with Gasteiger partial charge in [-0.15, -0.1) is 0 Å². The number of amides is 1. The second-order valence-corrected chi connectivity index (χ2v) is 4.53. The van der Waals surface area contributed by atoms with Crippen molar-refractivity contribution in [3.63, 3.8) is 0 Å². The first-order chi connectivity index (χ1) is 10.0. The summed E-state index contributed by atoms with van der Waals surface area (Å²) in [5.41, 5.74) is 4.86. The number of nitrogens with one attached hydrogen (secondary N) is 2. The molecule has 21 heavy (non-hydrogen) atoms. The molecule has 0 aliphatic carbocycles. The lowest BCUT2D eigenvalue weighted by molar-refractivity contribution is -0.141. The largest absolute Gasteiger partial charge is 0.466 e. The summed E-state index contributed by atoms with van der Waals surface area (Å²) >= 11 is 0. The molecule has 0 saturated heterocycles. The van der Waals surface area contributed by atoms with Gasteiger partial charge in [-0.2, -0.15) is 5.10 Å². The maximum Gasteiger partial charge on any atom is 0.311 e. The number of hydrogen-bond acceptors (Lipinski definition) is 5. The average Bonchev–Trinajstić information content (AvgIpc) is 2.44. The van der Waals surface area contributed by atoms with Crippen LogP contribution in [0.25, 0.3) is 0 Å². The Morgan fingerprint density at radius 2 is 2.00 bits per heavy atom. The fraction of sp³-hybridized carbons (Fsp3) is 0.400. The summed E-state index contributed by atoms with van der Waals surface area (Å²) in [6.45, 7) is 5.80. The number of ether oxygens (including phenoxy) is 1. The topological polar surface area (TPSA) is 79.8 Å². The second kappa shape index (κ2) is 8.73. The summed E-state index contributed by atoms with van der Waals surface area (Å²) in [6.07, 6.45) is 0.0688. The molecular weight excluding hydrogens is 270 g/mol. The summed E-state index contributed by atoms with van der Waals surface area (Å²) in [5, 5.41) is 6.88. The van der Waals surface area contributed by atoms with E-state index in [1.54, 1.807) is 13.8 Å². The van der Waals surface area contributed by atoms with E-state index in [1.165, 1.54) is 0 Å². The standard InChI is InChI=1S/C15H21N3O3/c1-4-21-15(20)9-12(3)17-18-14(19)10-16-13-8-6-5-7-11(13)2/h5-8,16H,4,9-10H2,1-3H3,(H,18,19). The number of carbonyl (C=O) groups is 2. The highest BCUT2D eigenvalue weighted by Gasteiger charge is 2.05. The third kappa shape index (κ3) is 6.56. The van der Waals surface area contributed by atoms with Crippen molar-refractivity contribution < 1.29 is 14.3 Å². The van der Waals surface area contributed by atoms with Gasteiger partial charge in [0, 0.05) is 11.4 Å². The molecule has 0 bridgehead atoms. The molecule has 114 valence electrons. The van der Waals surface area contributed by atoms with Gasteiger partial charge in [0.05, 0.1) is 19.6 Å². The van der Waals surface area contributed by atoms with Crippen LogP contribution in [0.1, 0.15) is 25.8 Å². The third-order valence-electron chi connectivity index (χ3n) is 2.66. The fourth-order valence-corrected chi connectivity index (χ4v) is 1.60. The number of benzene rings is 1. The maximum absolute atomic E-state index is 11.6. The van der Waals surface area contributed by atoms with Crippen LogP contribution in [0.4, 0.5) is 5.69 Å². The highest BCUT2D eigenvalue weighted by Crippen LogP contribution is 2.12. The van der Waals surface area contributed by atoms with Crippen LogP contribution >= 0.6 is 0 Å². The van der Waals surface area contributed by atoms with Crippen LogP contribution in [0.15, 0.2) is 29.4 Å². The van der Waals surface area contributed by atoms with E-state index in [0.717, 1.165) is 11.3 Å². The molecule has 1 aromatic rings. The number of carbonyl (C=O) groups excluding carboxylic acids is 2. The average molecular weight is 291 g/mol. The SMILES string of the molecule is CCOC(=O)CC(C)=NNC(=O)CNc1ccccc1C. The molecule has 2 N–H and O–H groups in total. The molecule has 0 fully saturated rings. The number of nitrogens with zero attached hydrogens (tertiary/aromatic N) is 1. The van der Waals surface area contributed by atoms with Crippen LogP contribution < -0.4 is 10.7 Å². The molecule has 0 unspecified atom stereocenters. The lowest BCUT2D eigenvalue weighted by Crippen LogP contribution is -2.27. The fourth-order valence-electron chi connectivity index (χ4n) is 1.60. The van der Waals surface area contributed by atoms with E-state index in [1.807, 2.05) is 31.2 Å². The van der Waals surface area contributed by atoms with E-state index < -0.39 is 0 Å². The van der Waals surface area contributed by atoms with Gasteiger partial charge in [0.1, 0.15) is 0 Å². The number of hydrazone groups is 1. The molecule has 0 radical (unpaired) electrons. The van der Waals surface area contributed by atoms with Crippen molar-refractivity contribution in [2.45, 2.75) is 27.2 Å².